The van der Waals surface area contributed by atoms with Crippen molar-refractivity contribution in [3.8, 4) is 0 Å². The van der Waals surface area contributed by atoms with E-state index < -0.39 is 0 Å². The van der Waals surface area contributed by atoms with Gasteiger partial charge >= 0.3 is 0 Å². The number of aliphatic hydroxyl groups excluding tert-OH is 1. The summed E-state index contributed by atoms with van der Waals surface area (Å²) in [5, 5.41) is 9.40. The van der Waals surface area contributed by atoms with Crippen LogP contribution in [0.25, 0.3) is 0 Å². The van der Waals surface area contributed by atoms with E-state index in [-0.39, 0.29) is 6.10 Å². The molecule has 0 aliphatic heterocycles. The average Bonchev–Trinajstić information content (AvgIpc) is 1.93. The molecule has 0 fully saturated rings. The summed E-state index contributed by atoms with van der Waals surface area (Å²) >= 11 is 4.58. The van der Waals surface area contributed by atoms with Crippen molar-refractivity contribution < 1.29 is 5.11 Å². The van der Waals surface area contributed by atoms with Gasteiger partial charge in [0.05, 0.1) is 6.10 Å². The number of aliphatic hydroxyl groups is 1. The quantitative estimate of drug-likeness (QED) is 0.695. The Morgan fingerprint density at radius 2 is 1.91 bits per heavy atom. The van der Waals surface area contributed by atoms with Crippen LogP contribution in [-0.4, -0.2) is 5.11 Å². The van der Waals surface area contributed by atoms with Gasteiger partial charge in [0, 0.05) is 13.6 Å². The van der Waals surface area contributed by atoms with Crippen molar-refractivity contribution in [3.05, 3.63) is 30.4 Å². The van der Waals surface area contributed by atoms with Gasteiger partial charge in [0.1, 0.15) is 0 Å². The molecule has 1 aliphatic carbocycles. The van der Waals surface area contributed by atoms with Crippen LogP contribution in [0.2, 0.25) is 0 Å². The summed E-state index contributed by atoms with van der Waals surface area (Å²) in [7, 11) is 0. The van der Waals surface area contributed by atoms with Crippen molar-refractivity contribution in [1.29, 1.82) is 0 Å². The maximum atomic E-state index is 9.40. The molecule has 1 nitrogen and oxygen atoms in total. The lowest BCUT2D eigenvalue weighted by molar-refractivity contribution is 0.152. The van der Waals surface area contributed by atoms with E-state index in [2.05, 4.69) is 57.3 Å². The zero-order valence-corrected chi connectivity index (χ0v) is 9.96. The number of hydrogen-bond donors (Lipinski definition) is 1. The molecule has 0 radical (unpaired) electrons. The summed E-state index contributed by atoms with van der Waals surface area (Å²) in [6.07, 6.45) is 0.636. The predicted molar refractivity (Wildman–Crippen MR) is 60.5 cm³/mol. The summed E-state index contributed by atoms with van der Waals surface area (Å²) in [6, 6.07) is 4.16. The highest BCUT2D eigenvalue weighted by atomic mass is 127. The summed E-state index contributed by atoms with van der Waals surface area (Å²) in [5.74, 6) is 0. The van der Waals surface area contributed by atoms with Crippen LogP contribution < -0.4 is 0 Å². The SMILES string of the molecule is OC1Cc2c(I)ccc(I)c21. The lowest BCUT2D eigenvalue weighted by Crippen LogP contribution is -2.19. The van der Waals surface area contributed by atoms with E-state index in [1.807, 2.05) is 0 Å². The van der Waals surface area contributed by atoms with Crippen LogP contribution in [0.3, 0.4) is 0 Å². The molecule has 0 spiro atoms. The molecule has 1 N–H and O–H groups in total. The largest absolute Gasteiger partial charge is 0.388 e. The maximum Gasteiger partial charge on any atom is 0.0844 e. The Kier molecular flexibility index (Phi) is 2.13. The van der Waals surface area contributed by atoms with Gasteiger partial charge in [-0.1, -0.05) is 0 Å². The Labute approximate surface area is 92.5 Å². The molecule has 1 atom stereocenters. The molecule has 2 rings (SSSR count). The van der Waals surface area contributed by atoms with Crippen molar-refractivity contribution in [2.75, 3.05) is 0 Å². The predicted octanol–water partition coefficient (Wildman–Crippen LogP) is 2.49. The lowest BCUT2D eigenvalue weighted by Gasteiger charge is -2.28. The van der Waals surface area contributed by atoms with E-state index in [9.17, 15) is 5.11 Å². The summed E-state index contributed by atoms with van der Waals surface area (Å²) < 4.78 is 2.47. The molecular weight excluding hydrogens is 366 g/mol. The van der Waals surface area contributed by atoms with E-state index >= 15 is 0 Å². The molecule has 58 valence electrons. The number of benzene rings is 1. The van der Waals surface area contributed by atoms with Crippen LogP contribution in [0.15, 0.2) is 12.1 Å². The highest BCUT2D eigenvalue weighted by Crippen LogP contribution is 2.38. The summed E-state index contributed by atoms with van der Waals surface area (Å²) in [4.78, 5) is 0. The first-order valence-electron chi connectivity index (χ1n) is 3.35. The van der Waals surface area contributed by atoms with Crippen LogP contribution in [0.1, 0.15) is 17.2 Å². The molecule has 3 heteroatoms. The summed E-state index contributed by atoms with van der Waals surface area (Å²) in [5.41, 5.74) is 2.49. The van der Waals surface area contributed by atoms with E-state index in [1.165, 1.54) is 12.7 Å². The van der Waals surface area contributed by atoms with Gasteiger partial charge < -0.3 is 5.11 Å². The second-order valence-electron chi connectivity index (χ2n) is 2.64. The Morgan fingerprint density at radius 3 is 2.45 bits per heavy atom. The number of fused-ring (bicyclic) bond motifs is 1. The number of halogens is 2. The number of hydrogen-bond acceptors (Lipinski definition) is 1. The monoisotopic (exact) mass is 372 g/mol. The molecule has 0 amide bonds. The second kappa shape index (κ2) is 2.85. The van der Waals surface area contributed by atoms with Crippen molar-refractivity contribution >= 4 is 45.2 Å². The molecule has 1 aliphatic rings. The zero-order chi connectivity index (χ0) is 8.01. The molecule has 11 heavy (non-hydrogen) atoms. The first-order chi connectivity index (χ1) is 5.20. The minimum atomic E-state index is -0.202. The Hall–Kier alpha value is 0.640. The first kappa shape index (κ1) is 8.25. The van der Waals surface area contributed by atoms with E-state index in [0.717, 1.165) is 12.0 Å². The topological polar surface area (TPSA) is 20.2 Å². The van der Waals surface area contributed by atoms with Gasteiger partial charge in [0.15, 0.2) is 0 Å². The second-order valence-corrected chi connectivity index (χ2v) is 4.97. The van der Waals surface area contributed by atoms with Gasteiger partial charge in [-0.2, -0.15) is 0 Å². The van der Waals surface area contributed by atoms with Gasteiger partial charge in [-0.3, -0.25) is 0 Å². The molecule has 1 aromatic carbocycles. The third-order valence-corrected chi connectivity index (χ3v) is 3.93. The first-order valence-corrected chi connectivity index (χ1v) is 5.50. The average molecular weight is 372 g/mol. The third kappa shape index (κ3) is 1.21. The number of rotatable bonds is 0. The van der Waals surface area contributed by atoms with Crippen molar-refractivity contribution in [2.45, 2.75) is 12.5 Å². The molecule has 0 aromatic heterocycles. The highest BCUT2D eigenvalue weighted by molar-refractivity contribution is 14.1. The van der Waals surface area contributed by atoms with Gasteiger partial charge in [0.2, 0.25) is 0 Å². The molecule has 0 heterocycles. The van der Waals surface area contributed by atoms with E-state index in [1.54, 1.807) is 0 Å². The van der Waals surface area contributed by atoms with Crippen LogP contribution in [-0.2, 0) is 6.42 Å². The standard InChI is InChI=1S/C8H6I2O/c9-5-1-2-6(10)8-4(5)3-7(8)11/h1-2,7,11H,3H2. The zero-order valence-electron chi connectivity index (χ0n) is 5.64. The van der Waals surface area contributed by atoms with E-state index in [4.69, 9.17) is 0 Å². The molecule has 0 bridgehead atoms. The molecule has 0 saturated carbocycles. The van der Waals surface area contributed by atoms with Crippen LogP contribution >= 0.6 is 45.2 Å². The summed E-state index contributed by atoms with van der Waals surface area (Å²) in [6.45, 7) is 0. The van der Waals surface area contributed by atoms with Gasteiger partial charge in [-0.25, -0.2) is 0 Å². The third-order valence-electron chi connectivity index (χ3n) is 1.98. The van der Waals surface area contributed by atoms with Gasteiger partial charge in [0.25, 0.3) is 0 Å². The molecule has 1 aromatic rings. The van der Waals surface area contributed by atoms with Crippen LogP contribution in [0, 0.1) is 7.14 Å². The normalized spacial score (nSPS) is 20.8. The fourth-order valence-corrected chi connectivity index (χ4v) is 2.90. The smallest absolute Gasteiger partial charge is 0.0844 e. The Morgan fingerprint density at radius 1 is 1.27 bits per heavy atom. The van der Waals surface area contributed by atoms with Crippen LogP contribution in [0.4, 0.5) is 0 Å². The Bertz CT molecular complexity index is 309. The van der Waals surface area contributed by atoms with Crippen molar-refractivity contribution in [1.82, 2.24) is 0 Å². The fraction of sp³-hybridized carbons (Fsp3) is 0.250. The van der Waals surface area contributed by atoms with Crippen LogP contribution in [0.5, 0.6) is 0 Å². The fourth-order valence-electron chi connectivity index (χ4n) is 1.34. The minimum Gasteiger partial charge on any atom is -0.388 e. The molecular formula is C8H6I2O. The molecule has 0 saturated heterocycles. The maximum absolute atomic E-state index is 9.40. The van der Waals surface area contributed by atoms with Gasteiger partial charge in [-0.15, -0.1) is 0 Å². The van der Waals surface area contributed by atoms with Crippen molar-refractivity contribution in [2.24, 2.45) is 0 Å². The van der Waals surface area contributed by atoms with E-state index in [0.29, 0.717) is 0 Å². The van der Waals surface area contributed by atoms with Gasteiger partial charge in [-0.05, 0) is 68.4 Å². The van der Waals surface area contributed by atoms with Crippen molar-refractivity contribution in [3.63, 3.8) is 0 Å². The minimum absolute atomic E-state index is 0.202. The lowest BCUT2D eigenvalue weighted by atomic mass is 9.86. The Balaban J connectivity index is 2.62. The highest BCUT2D eigenvalue weighted by Gasteiger charge is 2.28. The molecule has 1 unspecified atom stereocenters.